The fourth-order valence-electron chi connectivity index (χ4n) is 2.68. The summed E-state index contributed by atoms with van der Waals surface area (Å²) in [5.74, 6) is 0.697. The van der Waals surface area contributed by atoms with Gasteiger partial charge in [-0.25, -0.2) is 0 Å². The Bertz CT molecular complexity index is 423. The number of hydrogen-bond donors (Lipinski definition) is 2. The Balaban J connectivity index is 0.000000956. The van der Waals surface area contributed by atoms with Gasteiger partial charge in [0.25, 0.3) is 0 Å². The van der Waals surface area contributed by atoms with Crippen molar-refractivity contribution in [1.29, 1.82) is 0 Å². The summed E-state index contributed by atoms with van der Waals surface area (Å²) in [6.45, 7) is 8.25. The molecule has 112 valence electrons. The Labute approximate surface area is 123 Å². The molecule has 1 heterocycles. The van der Waals surface area contributed by atoms with Crippen LogP contribution in [0.4, 0.5) is 0 Å². The van der Waals surface area contributed by atoms with Crippen molar-refractivity contribution in [1.82, 2.24) is 10.6 Å². The van der Waals surface area contributed by atoms with Crippen LogP contribution in [-0.2, 0) is 11.2 Å². The van der Waals surface area contributed by atoms with Gasteiger partial charge in [0.05, 0.1) is 6.42 Å². The van der Waals surface area contributed by atoms with Crippen molar-refractivity contribution in [2.24, 2.45) is 0 Å². The minimum atomic E-state index is 0.0933. The van der Waals surface area contributed by atoms with E-state index in [0.29, 0.717) is 12.3 Å². The third kappa shape index (κ3) is 4.64. The summed E-state index contributed by atoms with van der Waals surface area (Å²) in [5, 5.41) is 6.10. The van der Waals surface area contributed by atoms with Crippen molar-refractivity contribution in [2.45, 2.75) is 46.0 Å². The monoisotopic (exact) mass is 276 g/mol. The molecule has 0 bridgehead atoms. The molecule has 0 atom stereocenters. The third-order valence-electron chi connectivity index (χ3n) is 3.71. The van der Waals surface area contributed by atoms with Gasteiger partial charge in [-0.15, -0.1) is 0 Å². The van der Waals surface area contributed by atoms with E-state index in [9.17, 15) is 4.79 Å². The van der Waals surface area contributed by atoms with Crippen LogP contribution in [-0.4, -0.2) is 26.0 Å². The molecular weight excluding hydrogens is 248 g/mol. The van der Waals surface area contributed by atoms with Crippen LogP contribution < -0.4 is 10.6 Å². The average Bonchev–Trinajstić information content (AvgIpc) is 2.50. The van der Waals surface area contributed by atoms with Crippen LogP contribution in [0.25, 0.3) is 0 Å². The maximum absolute atomic E-state index is 11.6. The molecule has 1 aromatic rings. The summed E-state index contributed by atoms with van der Waals surface area (Å²) in [5.41, 5.74) is 3.79. The molecule has 1 aromatic carbocycles. The summed E-state index contributed by atoms with van der Waals surface area (Å²) in [6, 6.07) is 6.53. The van der Waals surface area contributed by atoms with Crippen LogP contribution in [0.5, 0.6) is 0 Å². The van der Waals surface area contributed by atoms with Gasteiger partial charge >= 0.3 is 0 Å². The highest BCUT2D eigenvalue weighted by atomic mass is 16.1. The number of likely N-dealkylation sites (N-methyl/N-ethyl adjacent to an activating group) is 1. The van der Waals surface area contributed by atoms with Crippen molar-refractivity contribution in [2.75, 3.05) is 20.1 Å². The lowest BCUT2D eigenvalue weighted by atomic mass is 9.85. The topological polar surface area (TPSA) is 41.1 Å². The van der Waals surface area contributed by atoms with Crippen LogP contribution in [0.1, 0.15) is 49.3 Å². The molecule has 0 radical (unpaired) electrons. The van der Waals surface area contributed by atoms with Gasteiger partial charge in [-0.3, -0.25) is 4.79 Å². The van der Waals surface area contributed by atoms with Gasteiger partial charge in [-0.1, -0.05) is 37.6 Å². The molecule has 2 N–H and O–H groups in total. The summed E-state index contributed by atoms with van der Waals surface area (Å²) < 4.78 is 0. The zero-order valence-corrected chi connectivity index (χ0v) is 13.3. The van der Waals surface area contributed by atoms with Crippen molar-refractivity contribution in [3.8, 4) is 0 Å². The lowest BCUT2D eigenvalue weighted by molar-refractivity contribution is -0.119. The molecule has 20 heavy (non-hydrogen) atoms. The van der Waals surface area contributed by atoms with Gasteiger partial charge in [-0.05, 0) is 49.9 Å². The van der Waals surface area contributed by atoms with E-state index in [-0.39, 0.29) is 5.91 Å². The Hall–Kier alpha value is -1.35. The Morgan fingerprint density at radius 3 is 2.55 bits per heavy atom. The number of carbonyl (C=O) groups excluding carboxylic acids is 1. The molecule has 1 fully saturated rings. The third-order valence-corrected chi connectivity index (χ3v) is 3.71. The van der Waals surface area contributed by atoms with E-state index in [0.717, 1.165) is 13.1 Å². The minimum absolute atomic E-state index is 0.0933. The molecule has 3 heteroatoms. The Kier molecular flexibility index (Phi) is 7.31. The molecule has 0 unspecified atom stereocenters. The molecule has 1 saturated heterocycles. The highest BCUT2D eigenvalue weighted by Crippen LogP contribution is 2.29. The van der Waals surface area contributed by atoms with Crippen molar-refractivity contribution in [3.63, 3.8) is 0 Å². The van der Waals surface area contributed by atoms with Gasteiger partial charge in [0.2, 0.25) is 5.91 Å². The normalized spacial score (nSPS) is 15.2. The van der Waals surface area contributed by atoms with Crippen molar-refractivity contribution >= 4 is 5.91 Å². The molecule has 1 amide bonds. The molecule has 1 aliphatic rings. The molecule has 3 nitrogen and oxygen atoms in total. The molecule has 0 aromatic heterocycles. The van der Waals surface area contributed by atoms with E-state index in [1.165, 1.54) is 29.5 Å². The largest absolute Gasteiger partial charge is 0.359 e. The zero-order valence-electron chi connectivity index (χ0n) is 13.3. The second kappa shape index (κ2) is 8.75. The zero-order chi connectivity index (χ0) is 15.0. The minimum Gasteiger partial charge on any atom is -0.359 e. The highest BCUT2D eigenvalue weighted by molar-refractivity contribution is 5.78. The number of benzene rings is 1. The molecular formula is C17H28N2O. The average molecular weight is 276 g/mol. The quantitative estimate of drug-likeness (QED) is 0.891. The SMILES string of the molecule is CC.CNC(=O)Cc1cc(C)ccc1C1CCNCC1. The highest BCUT2D eigenvalue weighted by Gasteiger charge is 2.19. The number of piperidine rings is 1. The number of carbonyl (C=O) groups is 1. The summed E-state index contributed by atoms with van der Waals surface area (Å²) in [7, 11) is 1.70. The molecule has 0 aliphatic carbocycles. The van der Waals surface area contributed by atoms with E-state index < -0.39 is 0 Å². The first kappa shape index (κ1) is 16.7. The van der Waals surface area contributed by atoms with Gasteiger partial charge < -0.3 is 10.6 Å². The van der Waals surface area contributed by atoms with Gasteiger partial charge in [-0.2, -0.15) is 0 Å². The van der Waals surface area contributed by atoms with E-state index in [4.69, 9.17) is 0 Å². The summed E-state index contributed by atoms with van der Waals surface area (Å²) in [4.78, 5) is 11.6. The lowest BCUT2D eigenvalue weighted by Crippen LogP contribution is -2.28. The van der Waals surface area contributed by atoms with Gasteiger partial charge in [0.15, 0.2) is 0 Å². The summed E-state index contributed by atoms with van der Waals surface area (Å²) in [6.07, 6.45) is 2.84. The predicted molar refractivity (Wildman–Crippen MR) is 85.1 cm³/mol. The van der Waals surface area contributed by atoms with Crippen LogP contribution in [0, 0.1) is 6.92 Å². The number of rotatable bonds is 3. The fraction of sp³-hybridized carbons (Fsp3) is 0.588. The molecule has 2 rings (SSSR count). The fourth-order valence-corrected chi connectivity index (χ4v) is 2.68. The maximum atomic E-state index is 11.6. The second-order valence-corrected chi connectivity index (χ2v) is 5.08. The van der Waals surface area contributed by atoms with E-state index in [1.807, 2.05) is 13.8 Å². The molecule has 1 aliphatic heterocycles. The first-order chi connectivity index (χ1) is 9.70. The van der Waals surface area contributed by atoms with Crippen LogP contribution in [0.2, 0.25) is 0 Å². The Morgan fingerprint density at radius 2 is 1.95 bits per heavy atom. The smallest absolute Gasteiger partial charge is 0.224 e. The maximum Gasteiger partial charge on any atom is 0.224 e. The number of nitrogens with one attached hydrogen (secondary N) is 2. The van der Waals surface area contributed by atoms with Gasteiger partial charge in [0, 0.05) is 7.05 Å². The Morgan fingerprint density at radius 1 is 1.30 bits per heavy atom. The second-order valence-electron chi connectivity index (χ2n) is 5.08. The molecule has 0 spiro atoms. The number of amides is 1. The summed E-state index contributed by atoms with van der Waals surface area (Å²) >= 11 is 0. The number of aryl methyl sites for hydroxylation is 1. The standard InChI is InChI=1S/C15H22N2O.C2H6/c1-11-3-4-14(12-5-7-17-8-6-12)13(9-11)10-15(18)16-2;1-2/h3-4,9,12,17H,5-8,10H2,1-2H3,(H,16,18);1-2H3. The van der Waals surface area contributed by atoms with E-state index in [1.54, 1.807) is 7.05 Å². The number of hydrogen-bond acceptors (Lipinski definition) is 2. The van der Waals surface area contributed by atoms with Crippen molar-refractivity contribution < 1.29 is 4.79 Å². The first-order valence-corrected chi connectivity index (χ1v) is 7.71. The van der Waals surface area contributed by atoms with E-state index in [2.05, 4.69) is 35.8 Å². The predicted octanol–water partition coefficient (Wildman–Crippen LogP) is 2.78. The van der Waals surface area contributed by atoms with Crippen LogP contribution >= 0.6 is 0 Å². The molecule has 0 saturated carbocycles. The van der Waals surface area contributed by atoms with Crippen LogP contribution in [0.3, 0.4) is 0 Å². The van der Waals surface area contributed by atoms with Crippen LogP contribution in [0.15, 0.2) is 18.2 Å². The van der Waals surface area contributed by atoms with E-state index >= 15 is 0 Å². The first-order valence-electron chi connectivity index (χ1n) is 7.71. The van der Waals surface area contributed by atoms with Gasteiger partial charge in [0.1, 0.15) is 0 Å². The van der Waals surface area contributed by atoms with Crippen molar-refractivity contribution in [3.05, 3.63) is 34.9 Å². The lowest BCUT2D eigenvalue weighted by Gasteiger charge is -2.25.